The van der Waals surface area contributed by atoms with Crippen LogP contribution < -0.4 is 4.74 Å². The molecule has 2 aromatic rings. The fourth-order valence-electron chi connectivity index (χ4n) is 1.74. The Bertz CT molecular complexity index is 654. The van der Waals surface area contributed by atoms with Crippen molar-refractivity contribution in [3.63, 3.8) is 0 Å². The minimum atomic E-state index is -0.485. The second-order valence-electron chi connectivity index (χ2n) is 4.32. The second-order valence-corrected chi connectivity index (χ2v) is 4.72. The maximum atomic E-state index is 13.6. The molecule has 0 unspecified atom stereocenters. The van der Waals surface area contributed by atoms with Crippen LogP contribution in [0.4, 0.5) is 4.39 Å². The van der Waals surface area contributed by atoms with Gasteiger partial charge in [0.1, 0.15) is 6.61 Å². The second kappa shape index (κ2) is 7.68. The van der Waals surface area contributed by atoms with Crippen LogP contribution in [-0.2, 0) is 6.61 Å². The molecule has 0 saturated heterocycles. The van der Waals surface area contributed by atoms with Crippen molar-refractivity contribution in [1.29, 1.82) is 0 Å². The first-order chi connectivity index (χ1) is 10.2. The number of hydrogen-bond acceptors (Lipinski definition) is 2. The highest BCUT2D eigenvalue weighted by molar-refractivity contribution is 6.32. The molecule has 108 valence electrons. The molecule has 0 bridgehead atoms. The Balaban J connectivity index is 2.07. The first-order valence-corrected chi connectivity index (χ1v) is 6.84. The molecule has 0 spiro atoms. The smallest absolute Gasteiger partial charge is 0.174 e. The van der Waals surface area contributed by atoms with Gasteiger partial charge in [-0.05, 0) is 29.8 Å². The number of rotatable bonds is 4. The third-order valence-corrected chi connectivity index (χ3v) is 3.00. The topological polar surface area (TPSA) is 29.5 Å². The Kier molecular flexibility index (Phi) is 5.62. The van der Waals surface area contributed by atoms with Crippen LogP contribution in [0.15, 0.2) is 42.5 Å². The lowest BCUT2D eigenvalue weighted by Crippen LogP contribution is -1.98. The lowest BCUT2D eigenvalue weighted by molar-refractivity contribution is 0.290. The summed E-state index contributed by atoms with van der Waals surface area (Å²) in [6.45, 7) is 0.248. The van der Waals surface area contributed by atoms with Crippen LogP contribution in [0.25, 0.3) is 0 Å². The van der Waals surface area contributed by atoms with Gasteiger partial charge in [-0.1, -0.05) is 41.6 Å². The first kappa shape index (κ1) is 15.4. The van der Waals surface area contributed by atoms with E-state index >= 15 is 0 Å². The highest BCUT2D eigenvalue weighted by atomic mass is 35.5. The number of halogens is 2. The van der Waals surface area contributed by atoms with Crippen molar-refractivity contribution >= 4 is 11.6 Å². The molecule has 1 N–H and O–H groups in total. The summed E-state index contributed by atoms with van der Waals surface area (Å²) in [6.07, 6.45) is 0.436. The van der Waals surface area contributed by atoms with E-state index < -0.39 is 5.82 Å². The van der Waals surface area contributed by atoms with Gasteiger partial charge in [-0.15, -0.1) is 0 Å². The largest absolute Gasteiger partial charge is 0.484 e. The van der Waals surface area contributed by atoms with Crippen molar-refractivity contribution in [2.45, 2.75) is 13.0 Å². The van der Waals surface area contributed by atoms with Gasteiger partial charge in [0.05, 0.1) is 11.6 Å². The van der Waals surface area contributed by atoms with Gasteiger partial charge in [0.15, 0.2) is 11.6 Å². The number of hydrogen-bond donors (Lipinski definition) is 1. The summed E-state index contributed by atoms with van der Waals surface area (Å²) in [6, 6.07) is 11.9. The van der Waals surface area contributed by atoms with E-state index in [0.29, 0.717) is 6.42 Å². The summed E-state index contributed by atoms with van der Waals surface area (Å²) in [7, 11) is 0. The molecule has 0 saturated carbocycles. The fraction of sp³-hybridized carbons (Fsp3) is 0.176. The van der Waals surface area contributed by atoms with Crippen LogP contribution in [0.3, 0.4) is 0 Å². The van der Waals surface area contributed by atoms with E-state index in [0.717, 1.165) is 11.1 Å². The summed E-state index contributed by atoms with van der Waals surface area (Å²) in [5, 5.41) is 8.93. The molecule has 4 heteroatoms. The average Bonchev–Trinajstić information content (AvgIpc) is 2.47. The highest BCUT2D eigenvalue weighted by Crippen LogP contribution is 2.28. The predicted octanol–water partition coefficient (Wildman–Crippen LogP) is 3.79. The number of para-hydroxylation sites is 1. The quantitative estimate of drug-likeness (QED) is 0.871. The van der Waals surface area contributed by atoms with Gasteiger partial charge < -0.3 is 9.84 Å². The Labute approximate surface area is 128 Å². The SMILES string of the molecule is OCCC#Cc1cccc(COc2c(F)cccc2Cl)c1. The van der Waals surface area contributed by atoms with Gasteiger partial charge in [0.25, 0.3) is 0 Å². The zero-order chi connectivity index (χ0) is 15.1. The highest BCUT2D eigenvalue weighted by Gasteiger charge is 2.08. The molecule has 0 aliphatic heterocycles. The standard InChI is InChI=1S/C17H14ClFO2/c18-15-8-4-9-16(19)17(15)21-12-14-7-3-6-13(11-14)5-1-2-10-20/h3-4,6-9,11,20H,2,10,12H2. The number of ether oxygens (including phenoxy) is 1. The van der Waals surface area contributed by atoms with Crippen molar-refractivity contribution in [2.24, 2.45) is 0 Å². The number of aliphatic hydroxyl groups is 1. The van der Waals surface area contributed by atoms with E-state index in [2.05, 4.69) is 11.8 Å². The Morgan fingerprint density at radius 3 is 2.76 bits per heavy atom. The van der Waals surface area contributed by atoms with Gasteiger partial charge >= 0.3 is 0 Å². The lowest BCUT2D eigenvalue weighted by atomic mass is 10.1. The molecule has 2 aromatic carbocycles. The molecule has 0 radical (unpaired) electrons. The molecule has 2 rings (SSSR count). The molecule has 21 heavy (non-hydrogen) atoms. The zero-order valence-electron chi connectivity index (χ0n) is 11.3. The Morgan fingerprint density at radius 2 is 2.00 bits per heavy atom. The normalized spacial score (nSPS) is 9.86. The van der Waals surface area contributed by atoms with Crippen LogP contribution >= 0.6 is 11.6 Å². The summed E-state index contributed by atoms with van der Waals surface area (Å²) in [5.74, 6) is 5.36. The maximum absolute atomic E-state index is 13.6. The van der Waals surface area contributed by atoms with Crippen LogP contribution in [0.5, 0.6) is 5.75 Å². The number of benzene rings is 2. The van der Waals surface area contributed by atoms with Gasteiger partial charge in [-0.25, -0.2) is 4.39 Å². The molecular formula is C17H14ClFO2. The summed E-state index contributed by atoms with van der Waals surface area (Å²) in [5.41, 5.74) is 1.69. The molecule has 0 aromatic heterocycles. The molecule has 0 atom stereocenters. The van der Waals surface area contributed by atoms with Gasteiger partial charge in [0.2, 0.25) is 0 Å². The van der Waals surface area contributed by atoms with E-state index in [1.165, 1.54) is 12.1 Å². The number of aliphatic hydroxyl groups excluding tert-OH is 1. The Hall–Kier alpha value is -2.02. The molecule has 0 amide bonds. The minimum Gasteiger partial charge on any atom is -0.484 e. The zero-order valence-corrected chi connectivity index (χ0v) is 12.0. The molecule has 0 aliphatic carbocycles. The average molecular weight is 305 g/mol. The molecule has 0 fully saturated rings. The fourth-order valence-corrected chi connectivity index (χ4v) is 1.95. The summed E-state index contributed by atoms with van der Waals surface area (Å²) >= 11 is 5.90. The minimum absolute atomic E-state index is 0.0432. The van der Waals surface area contributed by atoms with E-state index in [1.807, 2.05) is 24.3 Å². The monoisotopic (exact) mass is 304 g/mol. The van der Waals surface area contributed by atoms with Crippen molar-refractivity contribution < 1.29 is 14.2 Å². The molecule has 0 heterocycles. The molecule has 2 nitrogen and oxygen atoms in total. The third-order valence-electron chi connectivity index (χ3n) is 2.70. The molecular weight excluding hydrogens is 291 g/mol. The van der Waals surface area contributed by atoms with Crippen LogP contribution in [0, 0.1) is 17.7 Å². The predicted molar refractivity (Wildman–Crippen MR) is 80.8 cm³/mol. The summed E-state index contributed by atoms with van der Waals surface area (Å²) < 4.78 is 19.0. The van der Waals surface area contributed by atoms with E-state index in [-0.39, 0.29) is 24.0 Å². The van der Waals surface area contributed by atoms with Crippen LogP contribution in [0.1, 0.15) is 17.5 Å². The third kappa shape index (κ3) is 4.49. The maximum Gasteiger partial charge on any atom is 0.174 e. The summed E-state index contributed by atoms with van der Waals surface area (Å²) in [4.78, 5) is 0. The van der Waals surface area contributed by atoms with Gasteiger partial charge in [-0.2, -0.15) is 0 Å². The van der Waals surface area contributed by atoms with Gasteiger partial charge in [0, 0.05) is 12.0 Å². The van der Waals surface area contributed by atoms with Crippen molar-refractivity contribution in [1.82, 2.24) is 0 Å². The van der Waals surface area contributed by atoms with Gasteiger partial charge in [-0.3, -0.25) is 0 Å². The van der Waals surface area contributed by atoms with E-state index in [4.69, 9.17) is 21.4 Å². The first-order valence-electron chi connectivity index (χ1n) is 6.46. The van der Waals surface area contributed by atoms with E-state index in [9.17, 15) is 4.39 Å². The molecule has 0 aliphatic rings. The van der Waals surface area contributed by atoms with Crippen molar-refractivity contribution in [3.05, 3.63) is 64.4 Å². The van der Waals surface area contributed by atoms with Crippen LogP contribution in [0.2, 0.25) is 5.02 Å². The van der Waals surface area contributed by atoms with E-state index in [1.54, 1.807) is 6.07 Å². The lowest BCUT2D eigenvalue weighted by Gasteiger charge is -2.09. The van der Waals surface area contributed by atoms with Crippen LogP contribution in [-0.4, -0.2) is 11.7 Å². The van der Waals surface area contributed by atoms with Crippen molar-refractivity contribution in [3.8, 4) is 17.6 Å². The Morgan fingerprint density at radius 1 is 1.19 bits per heavy atom. The van der Waals surface area contributed by atoms with Crippen molar-refractivity contribution in [2.75, 3.05) is 6.61 Å².